The Kier molecular flexibility index (Phi) is 7.67. The summed E-state index contributed by atoms with van der Waals surface area (Å²) in [7, 11) is 0. The molecule has 0 aliphatic rings. The van der Waals surface area contributed by atoms with Crippen LogP contribution in [0.25, 0.3) is 0 Å². The number of hydrogen-bond donors (Lipinski definition) is 2. The number of nitrogens with one attached hydrogen (secondary N) is 2. The van der Waals surface area contributed by atoms with Crippen LogP contribution in [0.2, 0.25) is 0 Å². The van der Waals surface area contributed by atoms with E-state index in [1.54, 1.807) is 12.1 Å². The average molecular weight is 355 g/mol. The first-order valence-electron chi connectivity index (χ1n) is 8.17. The molecule has 0 spiro atoms. The summed E-state index contributed by atoms with van der Waals surface area (Å²) in [4.78, 5) is 23.4. The molecule has 0 atom stereocenters. The second-order valence-electron chi connectivity index (χ2n) is 5.14. The molecule has 0 bridgehead atoms. The van der Waals surface area contributed by atoms with Gasteiger partial charge in [0.1, 0.15) is 11.5 Å². The third-order valence-corrected chi connectivity index (χ3v) is 3.17. The summed E-state index contributed by atoms with van der Waals surface area (Å²) >= 11 is 0. The maximum Gasteiger partial charge on any atom is 0.259 e. The molecular formula is C19H21N3O4. The molecule has 0 aliphatic carbocycles. The van der Waals surface area contributed by atoms with Crippen LogP contribution in [-0.4, -0.2) is 37.8 Å². The topological polar surface area (TPSA) is 89.0 Å². The second-order valence-corrected chi connectivity index (χ2v) is 5.14. The maximum atomic E-state index is 11.7. The van der Waals surface area contributed by atoms with Crippen LogP contribution in [-0.2, 0) is 9.59 Å². The van der Waals surface area contributed by atoms with Crippen molar-refractivity contribution in [1.29, 1.82) is 0 Å². The van der Waals surface area contributed by atoms with Gasteiger partial charge in [-0.2, -0.15) is 5.10 Å². The van der Waals surface area contributed by atoms with Crippen LogP contribution >= 0.6 is 0 Å². The molecule has 0 fully saturated rings. The molecule has 0 heterocycles. The molecule has 26 heavy (non-hydrogen) atoms. The number of hydrogen-bond acceptors (Lipinski definition) is 5. The van der Waals surface area contributed by atoms with Crippen LogP contribution in [0.5, 0.6) is 11.5 Å². The highest BCUT2D eigenvalue weighted by Crippen LogP contribution is 2.15. The lowest BCUT2D eigenvalue weighted by Crippen LogP contribution is -2.37. The average Bonchev–Trinajstić information content (AvgIpc) is 2.67. The van der Waals surface area contributed by atoms with Crippen LogP contribution < -0.4 is 20.2 Å². The lowest BCUT2D eigenvalue weighted by atomic mass is 10.2. The van der Waals surface area contributed by atoms with Crippen molar-refractivity contribution >= 4 is 18.0 Å². The van der Waals surface area contributed by atoms with Crippen LogP contribution in [0.3, 0.4) is 0 Å². The smallest absolute Gasteiger partial charge is 0.259 e. The van der Waals surface area contributed by atoms with E-state index in [0.29, 0.717) is 18.1 Å². The predicted octanol–water partition coefficient (Wildman–Crippen LogP) is 1.73. The fraction of sp³-hybridized carbons (Fsp3) is 0.211. The number of hydrazone groups is 1. The van der Waals surface area contributed by atoms with Crippen LogP contribution in [0, 0.1) is 0 Å². The summed E-state index contributed by atoms with van der Waals surface area (Å²) in [6, 6.07) is 16.3. The van der Waals surface area contributed by atoms with Crippen molar-refractivity contribution in [3.05, 3.63) is 60.2 Å². The van der Waals surface area contributed by atoms with Crippen molar-refractivity contribution in [2.45, 2.75) is 6.92 Å². The monoisotopic (exact) mass is 355 g/mol. The van der Waals surface area contributed by atoms with Crippen molar-refractivity contribution in [3.63, 3.8) is 0 Å². The maximum absolute atomic E-state index is 11.7. The minimum atomic E-state index is -0.441. The molecule has 0 saturated carbocycles. The van der Waals surface area contributed by atoms with E-state index in [9.17, 15) is 9.59 Å². The zero-order chi connectivity index (χ0) is 18.6. The summed E-state index contributed by atoms with van der Waals surface area (Å²) < 4.78 is 10.7. The van der Waals surface area contributed by atoms with E-state index in [1.165, 1.54) is 6.21 Å². The van der Waals surface area contributed by atoms with Crippen molar-refractivity contribution in [2.75, 3.05) is 19.8 Å². The van der Waals surface area contributed by atoms with E-state index >= 15 is 0 Å². The Morgan fingerprint density at radius 3 is 2.50 bits per heavy atom. The number of nitrogens with zero attached hydrogens (tertiary/aromatic N) is 1. The Hall–Kier alpha value is -3.35. The van der Waals surface area contributed by atoms with Gasteiger partial charge in [-0.1, -0.05) is 30.3 Å². The molecule has 0 aliphatic heterocycles. The van der Waals surface area contributed by atoms with Gasteiger partial charge >= 0.3 is 0 Å². The highest BCUT2D eigenvalue weighted by Gasteiger charge is 2.06. The molecule has 2 aromatic rings. The fourth-order valence-corrected chi connectivity index (χ4v) is 1.98. The third kappa shape index (κ3) is 6.64. The summed E-state index contributed by atoms with van der Waals surface area (Å²) in [6.07, 6.45) is 1.49. The number of carbonyl (C=O) groups excluding carboxylic acids is 2. The summed E-state index contributed by atoms with van der Waals surface area (Å²) in [5, 5.41) is 6.33. The Labute approximate surface area is 152 Å². The largest absolute Gasteiger partial charge is 0.493 e. The number of ether oxygens (including phenoxy) is 2. The van der Waals surface area contributed by atoms with Crippen LogP contribution in [0.4, 0.5) is 0 Å². The van der Waals surface area contributed by atoms with E-state index in [2.05, 4.69) is 15.8 Å². The third-order valence-electron chi connectivity index (χ3n) is 3.17. The zero-order valence-electron chi connectivity index (χ0n) is 14.5. The second kappa shape index (κ2) is 10.5. The van der Waals surface area contributed by atoms with Gasteiger partial charge in [0, 0.05) is 5.56 Å². The first-order chi connectivity index (χ1) is 12.7. The highest BCUT2D eigenvalue weighted by molar-refractivity contribution is 5.87. The molecule has 0 aromatic heterocycles. The van der Waals surface area contributed by atoms with E-state index in [0.717, 1.165) is 5.56 Å². The predicted molar refractivity (Wildman–Crippen MR) is 98.3 cm³/mol. The molecule has 7 nitrogen and oxygen atoms in total. The fourth-order valence-electron chi connectivity index (χ4n) is 1.98. The van der Waals surface area contributed by atoms with Gasteiger partial charge in [-0.15, -0.1) is 0 Å². The molecule has 0 unspecified atom stereocenters. The zero-order valence-corrected chi connectivity index (χ0v) is 14.5. The molecule has 2 amide bonds. The minimum absolute atomic E-state index is 0.164. The van der Waals surface area contributed by atoms with Gasteiger partial charge in [0.15, 0.2) is 6.61 Å². The SMILES string of the molecule is CCOc1ccccc1/C=N\NC(=O)CNC(=O)COc1ccccc1. The number of rotatable bonds is 9. The van der Waals surface area contributed by atoms with E-state index in [4.69, 9.17) is 9.47 Å². The Bertz CT molecular complexity index is 747. The standard InChI is InChI=1S/C19H21N3O4/c1-2-25-17-11-7-6-8-15(17)12-21-22-18(23)13-20-19(24)14-26-16-9-4-3-5-10-16/h3-12H,2,13-14H2,1H3,(H,20,24)(H,22,23)/b21-12-. The normalized spacial score (nSPS) is 10.3. The molecule has 2 aromatic carbocycles. The quantitative estimate of drug-likeness (QED) is 0.530. The molecule has 0 saturated heterocycles. The van der Waals surface area contributed by atoms with Crippen molar-refractivity contribution < 1.29 is 19.1 Å². The lowest BCUT2D eigenvalue weighted by Gasteiger charge is -2.07. The lowest BCUT2D eigenvalue weighted by molar-refractivity contribution is -0.127. The van der Waals surface area contributed by atoms with E-state index in [-0.39, 0.29) is 13.2 Å². The molecule has 0 radical (unpaired) electrons. The number of carbonyl (C=O) groups is 2. The van der Waals surface area contributed by atoms with Crippen LogP contribution in [0.15, 0.2) is 59.7 Å². The van der Waals surface area contributed by atoms with Crippen molar-refractivity contribution in [2.24, 2.45) is 5.10 Å². The van der Waals surface area contributed by atoms with Gasteiger partial charge in [0.05, 0.1) is 19.4 Å². The summed E-state index contributed by atoms with van der Waals surface area (Å²) in [5.74, 6) is 0.432. The summed E-state index contributed by atoms with van der Waals surface area (Å²) in [5.41, 5.74) is 3.09. The summed E-state index contributed by atoms with van der Waals surface area (Å²) in [6.45, 7) is 2.07. The van der Waals surface area contributed by atoms with Gasteiger partial charge in [-0.05, 0) is 31.2 Å². The number of para-hydroxylation sites is 2. The molecule has 136 valence electrons. The van der Waals surface area contributed by atoms with Crippen molar-refractivity contribution in [1.82, 2.24) is 10.7 Å². The van der Waals surface area contributed by atoms with Crippen molar-refractivity contribution in [3.8, 4) is 11.5 Å². The Morgan fingerprint density at radius 2 is 1.73 bits per heavy atom. The Balaban J connectivity index is 1.71. The Morgan fingerprint density at radius 1 is 1.00 bits per heavy atom. The number of amides is 2. The minimum Gasteiger partial charge on any atom is -0.493 e. The van der Waals surface area contributed by atoms with Gasteiger partial charge in [0.2, 0.25) is 0 Å². The number of benzene rings is 2. The van der Waals surface area contributed by atoms with E-state index in [1.807, 2.05) is 49.4 Å². The molecule has 2 rings (SSSR count). The van der Waals surface area contributed by atoms with Gasteiger partial charge in [-0.3, -0.25) is 9.59 Å². The van der Waals surface area contributed by atoms with Gasteiger partial charge < -0.3 is 14.8 Å². The molecule has 7 heteroatoms. The first kappa shape index (κ1) is 19.0. The highest BCUT2D eigenvalue weighted by atomic mass is 16.5. The van der Waals surface area contributed by atoms with Gasteiger partial charge in [0.25, 0.3) is 11.8 Å². The first-order valence-corrected chi connectivity index (χ1v) is 8.17. The molecule has 2 N–H and O–H groups in total. The van der Waals surface area contributed by atoms with Gasteiger partial charge in [-0.25, -0.2) is 5.43 Å². The van der Waals surface area contributed by atoms with E-state index < -0.39 is 11.8 Å². The van der Waals surface area contributed by atoms with Crippen LogP contribution in [0.1, 0.15) is 12.5 Å². The molecular weight excluding hydrogens is 334 g/mol.